The Morgan fingerprint density at radius 3 is 2.67 bits per heavy atom. The molecule has 1 atom stereocenters. The normalized spacial score (nSPS) is 12.4. The van der Waals surface area contributed by atoms with Gasteiger partial charge in [0.25, 0.3) is 0 Å². The highest BCUT2D eigenvalue weighted by atomic mass is 32.2. The van der Waals surface area contributed by atoms with Crippen LogP contribution in [0.15, 0.2) is 29.4 Å². The summed E-state index contributed by atoms with van der Waals surface area (Å²) in [7, 11) is 0. The number of hydrogen-bond donors (Lipinski definition) is 1. The molecule has 0 fully saturated rings. The lowest BCUT2D eigenvalue weighted by atomic mass is 10.5. The maximum Gasteiger partial charge on any atom is 0.316 e. The summed E-state index contributed by atoms with van der Waals surface area (Å²) in [6.45, 7) is 1.66. The van der Waals surface area contributed by atoms with Gasteiger partial charge >= 0.3 is 5.97 Å². The number of thioether (sulfide) groups is 1. The summed E-state index contributed by atoms with van der Waals surface area (Å²) in [5.41, 5.74) is 0. The molecule has 0 aromatic carbocycles. The standard InChI is InChI=1S/C8H9NO2S/c1-6(8(10)11)12-7-2-4-9-5-3-7/h2-6H,1H3,(H,10,11). The second-order valence-electron chi connectivity index (χ2n) is 2.28. The number of rotatable bonds is 3. The van der Waals surface area contributed by atoms with Gasteiger partial charge in [-0.05, 0) is 19.1 Å². The highest BCUT2D eigenvalue weighted by Crippen LogP contribution is 2.21. The van der Waals surface area contributed by atoms with Crippen LogP contribution in [0.1, 0.15) is 6.92 Å². The number of carboxylic acid groups (broad SMARTS) is 1. The van der Waals surface area contributed by atoms with Crippen molar-refractivity contribution in [2.45, 2.75) is 17.1 Å². The number of aromatic nitrogens is 1. The van der Waals surface area contributed by atoms with Gasteiger partial charge in [0.15, 0.2) is 0 Å². The van der Waals surface area contributed by atoms with Crippen molar-refractivity contribution < 1.29 is 9.90 Å². The molecule has 0 bridgehead atoms. The van der Waals surface area contributed by atoms with Crippen LogP contribution in [0, 0.1) is 0 Å². The maximum absolute atomic E-state index is 10.5. The zero-order valence-corrected chi connectivity index (χ0v) is 7.41. The van der Waals surface area contributed by atoms with E-state index >= 15 is 0 Å². The Hall–Kier alpha value is -1.03. The Labute approximate surface area is 74.8 Å². The lowest BCUT2D eigenvalue weighted by molar-refractivity contribution is -0.136. The van der Waals surface area contributed by atoms with E-state index < -0.39 is 11.2 Å². The third-order valence-corrected chi connectivity index (χ3v) is 2.41. The molecule has 1 aromatic rings. The van der Waals surface area contributed by atoms with E-state index in [4.69, 9.17) is 5.11 Å². The molecule has 64 valence electrons. The van der Waals surface area contributed by atoms with E-state index in [-0.39, 0.29) is 0 Å². The van der Waals surface area contributed by atoms with E-state index in [1.165, 1.54) is 11.8 Å². The number of carbonyl (C=O) groups is 1. The molecule has 0 aliphatic heterocycles. The van der Waals surface area contributed by atoms with E-state index in [2.05, 4.69) is 4.98 Å². The smallest absolute Gasteiger partial charge is 0.316 e. The average molecular weight is 183 g/mol. The monoisotopic (exact) mass is 183 g/mol. The third-order valence-electron chi connectivity index (χ3n) is 1.31. The molecule has 1 unspecified atom stereocenters. The molecule has 0 amide bonds. The molecule has 12 heavy (non-hydrogen) atoms. The van der Waals surface area contributed by atoms with Gasteiger partial charge < -0.3 is 5.11 Å². The zero-order valence-electron chi connectivity index (χ0n) is 6.60. The molecule has 0 spiro atoms. The Kier molecular flexibility index (Phi) is 3.10. The van der Waals surface area contributed by atoms with Crippen LogP contribution < -0.4 is 0 Å². The Bertz CT molecular complexity index is 263. The maximum atomic E-state index is 10.5. The highest BCUT2D eigenvalue weighted by Gasteiger charge is 2.11. The first-order valence-electron chi connectivity index (χ1n) is 3.49. The first-order valence-corrected chi connectivity index (χ1v) is 4.37. The van der Waals surface area contributed by atoms with Crippen molar-refractivity contribution in [2.75, 3.05) is 0 Å². The van der Waals surface area contributed by atoms with Crippen molar-refractivity contribution in [3.8, 4) is 0 Å². The van der Waals surface area contributed by atoms with Crippen molar-refractivity contribution in [1.82, 2.24) is 4.98 Å². The fourth-order valence-electron chi connectivity index (χ4n) is 0.671. The number of hydrogen-bond acceptors (Lipinski definition) is 3. The largest absolute Gasteiger partial charge is 0.480 e. The molecule has 4 heteroatoms. The molecular formula is C8H9NO2S. The molecule has 1 N–H and O–H groups in total. The Morgan fingerprint density at radius 1 is 1.58 bits per heavy atom. The molecule has 1 rings (SSSR count). The van der Waals surface area contributed by atoms with Crippen LogP contribution >= 0.6 is 11.8 Å². The van der Waals surface area contributed by atoms with Crippen LogP contribution in [0.4, 0.5) is 0 Å². The van der Waals surface area contributed by atoms with Crippen LogP contribution in [-0.2, 0) is 4.79 Å². The van der Waals surface area contributed by atoms with Gasteiger partial charge in [0.1, 0.15) is 5.25 Å². The third kappa shape index (κ3) is 2.54. The second-order valence-corrected chi connectivity index (χ2v) is 3.70. The van der Waals surface area contributed by atoms with Crippen LogP contribution in [-0.4, -0.2) is 21.3 Å². The molecule has 1 aromatic heterocycles. The number of pyridine rings is 1. The Morgan fingerprint density at radius 2 is 2.17 bits per heavy atom. The molecule has 0 saturated carbocycles. The summed E-state index contributed by atoms with van der Waals surface area (Å²) in [6.07, 6.45) is 3.30. The number of carboxylic acids is 1. The minimum absolute atomic E-state index is 0.410. The van der Waals surface area contributed by atoms with E-state index in [9.17, 15) is 4.79 Å². The minimum Gasteiger partial charge on any atom is -0.480 e. The highest BCUT2D eigenvalue weighted by molar-refractivity contribution is 8.00. The minimum atomic E-state index is -0.795. The molecule has 3 nitrogen and oxygen atoms in total. The van der Waals surface area contributed by atoms with Crippen LogP contribution in [0.3, 0.4) is 0 Å². The van der Waals surface area contributed by atoms with Gasteiger partial charge in [-0.3, -0.25) is 9.78 Å². The van der Waals surface area contributed by atoms with E-state index in [0.29, 0.717) is 0 Å². The van der Waals surface area contributed by atoms with Crippen molar-refractivity contribution in [2.24, 2.45) is 0 Å². The van der Waals surface area contributed by atoms with Crippen molar-refractivity contribution in [3.05, 3.63) is 24.5 Å². The topological polar surface area (TPSA) is 50.2 Å². The molecule has 0 radical (unpaired) electrons. The van der Waals surface area contributed by atoms with Crippen molar-refractivity contribution >= 4 is 17.7 Å². The van der Waals surface area contributed by atoms with Crippen molar-refractivity contribution in [3.63, 3.8) is 0 Å². The quantitative estimate of drug-likeness (QED) is 0.724. The summed E-state index contributed by atoms with van der Waals surface area (Å²) in [4.78, 5) is 15.2. The number of nitrogens with zero attached hydrogens (tertiary/aromatic N) is 1. The first kappa shape index (κ1) is 9.06. The predicted octanol–water partition coefficient (Wildman–Crippen LogP) is 1.65. The van der Waals surface area contributed by atoms with E-state index in [1.807, 2.05) is 0 Å². The SMILES string of the molecule is CC(Sc1ccncc1)C(=O)O. The predicted molar refractivity (Wildman–Crippen MR) is 47.2 cm³/mol. The summed E-state index contributed by atoms with van der Waals surface area (Å²) in [6, 6.07) is 3.59. The summed E-state index contributed by atoms with van der Waals surface area (Å²) < 4.78 is 0. The molecule has 0 saturated heterocycles. The van der Waals surface area contributed by atoms with E-state index in [1.54, 1.807) is 31.5 Å². The summed E-state index contributed by atoms with van der Waals surface area (Å²) in [5.74, 6) is -0.795. The number of aliphatic carboxylic acids is 1. The van der Waals surface area contributed by atoms with Gasteiger partial charge in [-0.15, -0.1) is 11.8 Å². The van der Waals surface area contributed by atoms with Gasteiger partial charge in [0.2, 0.25) is 0 Å². The lowest BCUT2D eigenvalue weighted by Gasteiger charge is -2.04. The molecular weight excluding hydrogens is 174 g/mol. The van der Waals surface area contributed by atoms with E-state index in [0.717, 1.165) is 4.90 Å². The fourth-order valence-corrected chi connectivity index (χ4v) is 1.46. The zero-order chi connectivity index (χ0) is 8.97. The van der Waals surface area contributed by atoms with Gasteiger partial charge in [-0.1, -0.05) is 0 Å². The van der Waals surface area contributed by atoms with Gasteiger partial charge in [-0.25, -0.2) is 0 Å². The second kappa shape index (κ2) is 4.11. The molecule has 0 aliphatic rings. The fraction of sp³-hybridized carbons (Fsp3) is 0.250. The van der Waals surface area contributed by atoms with Gasteiger partial charge in [0, 0.05) is 17.3 Å². The molecule has 1 heterocycles. The van der Waals surface area contributed by atoms with Crippen LogP contribution in [0.25, 0.3) is 0 Å². The van der Waals surface area contributed by atoms with Crippen LogP contribution in [0.5, 0.6) is 0 Å². The average Bonchev–Trinajstić information content (AvgIpc) is 2.06. The van der Waals surface area contributed by atoms with Crippen molar-refractivity contribution in [1.29, 1.82) is 0 Å². The van der Waals surface area contributed by atoms with Crippen LogP contribution in [0.2, 0.25) is 0 Å². The van der Waals surface area contributed by atoms with Gasteiger partial charge in [-0.2, -0.15) is 0 Å². The summed E-state index contributed by atoms with van der Waals surface area (Å²) >= 11 is 1.31. The van der Waals surface area contributed by atoms with Gasteiger partial charge in [0.05, 0.1) is 0 Å². The Balaban J connectivity index is 2.58. The molecule has 0 aliphatic carbocycles. The lowest BCUT2D eigenvalue weighted by Crippen LogP contribution is -2.10. The first-order chi connectivity index (χ1) is 5.70. The summed E-state index contributed by atoms with van der Waals surface area (Å²) in [5, 5.41) is 8.20.